The number of sulfonamides is 1. The van der Waals surface area contributed by atoms with E-state index in [1.807, 2.05) is 12.1 Å². The Labute approximate surface area is 157 Å². The first-order valence-electron chi connectivity index (χ1n) is 7.46. The third kappa shape index (κ3) is 4.06. The molecule has 0 atom stereocenters. The molecule has 0 radical (unpaired) electrons. The van der Waals surface area contributed by atoms with Crippen LogP contribution in [0.5, 0.6) is 0 Å². The molecule has 6 nitrogen and oxygen atoms in total. The van der Waals surface area contributed by atoms with Crippen molar-refractivity contribution < 1.29 is 21.6 Å². The van der Waals surface area contributed by atoms with Crippen molar-refractivity contribution in [2.75, 3.05) is 4.72 Å². The second-order valence-electron chi connectivity index (χ2n) is 5.53. The van der Waals surface area contributed by atoms with Gasteiger partial charge in [0.2, 0.25) is 0 Å². The second kappa shape index (κ2) is 6.86. The molecule has 0 amide bonds. The van der Waals surface area contributed by atoms with Crippen LogP contribution >= 0.6 is 11.6 Å². The Morgan fingerprint density at radius 3 is 2.59 bits per heavy atom. The van der Waals surface area contributed by atoms with Crippen LogP contribution in [-0.2, 0) is 10.0 Å². The number of halogens is 4. The summed E-state index contributed by atoms with van der Waals surface area (Å²) in [6, 6.07) is 11.0. The van der Waals surface area contributed by atoms with Crippen LogP contribution in [0.25, 0.3) is 10.9 Å². The van der Waals surface area contributed by atoms with Gasteiger partial charge < -0.3 is 0 Å². The monoisotopic (exact) mass is 416 g/mol. The van der Waals surface area contributed by atoms with Crippen LogP contribution in [0, 0.1) is 0 Å². The van der Waals surface area contributed by atoms with E-state index in [4.69, 9.17) is 11.6 Å². The van der Waals surface area contributed by atoms with E-state index >= 15 is 0 Å². The summed E-state index contributed by atoms with van der Waals surface area (Å²) in [5.74, 6) is 0. The maximum atomic E-state index is 12.7. The van der Waals surface area contributed by atoms with Crippen molar-refractivity contribution in [3.63, 3.8) is 0 Å². The maximum absolute atomic E-state index is 12.7. The lowest BCUT2D eigenvalue weighted by Crippen LogP contribution is -2.30. The summed E-state index contributed by atoms with van der Waals surface area (Å²) in [5, 5.41) is 9.46. The largest absolute Gasteiger partial charge is 0.516 e. The zero-order chi connectivity index (χ0) is 19.8. The van der Waals surface area contributed by atoms with E-state index in [9.17, 15) is 21.6 Å². The fourth-order valence-electron chi connectivity index (χ4n) is 2.32. The zero-order valence-electron chi connectivity index (χ0n) is 13.7. The highest BCUT2D eigenvalue weighted by Crippen LogP contribution is 2.29. The van der Waals surface area contributed by atoms with Gasteiger partial charge in [0.25, 0.3) is 0 Å². The van der Waals surface area contributed by atoms with Gasteiger partial charge in [-0.25, -0.2) is 0 Å². The Kier molecular flexibility index (Phi) is 4.87. The van der Waals surface area contributed by atoms with Crippen LogP contribution < -0.4 is 4.72 Å². The summed E-state index contributed by atoms with van der Waals surface area (Å²) in [6.45, 7) is 1.50. The van der Waals surface area contributed by atoms with Gasteiger partial charge >= 0.3 is 15.5 Å². The average Bonchev–Trinajstić information content (AvgIpc) is 2.97. The molecule has 0 aliphatic rings. The fraction of sp³-hybridized carbons (Fsp3) is 0.125. The molecular formula is C16H12ClF3N4O2S. The zero-order valence-corrected chi connectivity index (χ0v) is 15.3. The van der Waals surface area contributed by atoms with Gasteiger partial charge in [0.15, 0.2) is 0 Å². The lowest BCUT2D eigenvalue weighted by molar-refractivity contribution is -0.0429. The van der Waals surface area contributed by atoms with Crippen molar-refractivity contribution in [1.29, 1.82) is 0 Å². The average molecular weight is 417 g/mol. The lowest BCUT2D eigenvalue weighted by Gasteiger charge is -2.14. The Morgan fingerprint density at radius 1 is 1.22 bits per heavy atom. The highest BCUT2D eigenvalue weighted by molar-refractivity contribution is 7.93. The molecule has 0 saturated carbocycles. The number of hydrogen-bond acceptors (Lipinski definition) is 4. The molecule has 11 heteroatoms. The van der Waals surface area contributed by atoms with Gasteiger partial charge in [-0.05, 0) is 31.2 Å². The quantitative estimate of drug-likeness (QED) is 0.647. The van der Waals surface area contributed by atoms with Gasteiger partial charge in [0.05, 0.1) is 23.1 Å². The van der Waals surface area contributed by atoms with E-state index in [0.29, 0.717) is 5.52 Å². The van der Waals surface area contributed by atoms with Crippen molar-refractivity contribution in [2.24, 2.45) is 5.10 Å². The molecule has 27 heavy (non-hydrogen) atoms. The Bertz CT molecular complexity index is 1110. The Hall–Kier alpha value is -2.59. The van der Waals surface area contributed by atoms with Gasteiger partial charge in [0, 0.05) is 16.0 Å². The number of hydrogen-bond donors (Lipinski definition) is 1. The Morgan fingerprint density at radius 2 is 1.93 bits per heavy atom. The molecule has 0 fully saturated rings. The lowest BCUT2D eigenvalue weighted by atomic mass is 10.1. The summed E-state index contributed by atoms with van der Waals surface area (Å²) in [5.41, 5.74) is -4.76. The summed E-state index contributed by atoms with van der Waals surface area (Å²) in [4.78, 5) is 1.25. The molecule has 1 N–H and O–H groups in total. The fourth-order valence-corrected chi connectivity index (χ4v) is 3.07. The normalized spacial score (nSPS) is 13.1. The highest BCUT2D eigenvalue weighted by Gasteiger charge is 2.46. The smallest absolute Gasteiger partial charge is 0.275 e. The van der Waals surface area contributed by atoms with Crippen LogP contribution in [0.3, 0.4) is 0 Å². The van der Waals surface area contributed by atoms with E-state index in [2.05, 4.69) is 10.2 Å². The van der Waals surface area contributed by atoms with Crippen LogP contribution in [0.1, 0.15) is 12.5 Å². The number of rotatable bonds is 4. The molecule has 3 aromatic rings. The number of aromatic nitrogens is 2. The van der Waals surface area contributed by atoms with Crippen molar-refractivity contribution in [1.82, 2.24) is 9.89 Å². The van der Waals surface area contributed by atoms with Crippen LogP contribution in [0.15, 0.2) is 53.8 Å². The summed E-state index contributed by atoms with van der Waals surface area (Å²) < 4.78 is 62.4. The molecular weight excluding hydrogens is 405 g/mol. The number of alkyl halides is 3. The number of fused-ring (bicyclic) bond motifs is 1. The minimum Gasteiger partial charge on any atom is -0.275 e. The molecule has 0 aliphatic carbocycles. The van der Waals surface area contributed by atoms with E-state index in [1.54, 1.807) is 18.3 Å². The molecule has 2 aromatic carbocycles. The summed E-state index contributed by atoms with van der Waals surface area (Å²) in [6.07, 6.45) is 1.63. The van der Waals surface area contributed by atoms with Crippen molar-refractivity contribution >= 4 is 43.9 Å². The topological polar surface area (TPSA) is 76.3 Å². The predicted octanol–water partition coefficient (Wildman–Crippen LogP) is 4.22. The highest BCUT2D eigenvalue weighted by atomic mass is 35.5. The minimum atomic E-state index is -5.58. The van der Waals surface area contributed by atoms with Gasteiger partial charge in [-0.3, -0.25) is 4.72 Å². The van der Waals surface area contributed by atoms with Gasteiger partial charge in [0.1, 0.15) is 0 Å². The minimum absolute atomic E-state index is 0.0925. The first-order chi connectivity index (χ1) is 12.6. The van der Waals surface area contributed by atoms with Gasteiger partial charge in [-0.1, -0.05) is 29.8 Å². The standard InChI is InChI=1S/C16H12ClF3N4O2S/c1-10(21-24-9-11-4-2-3-5-14(11)22-24)13-8-12(17)6-7-15(13)23-27(25,26)16(18,19)20/h2-9,23H,1H3/b21-10+. The molecule has 1 heterocycles. The van der Waals surface area contributed by atoms with Crippen LogP contribution in [0.4, 0.5) is 18.9 Å². The van der Waals surface area contributed by atoms with Crippen LogP contribution in [0.2, 0.25) is 5.02 Å². The van der Waals surface area contributed by atoms with Crippen molar-refractivity contribution in [2.45, 2.75) is 12.4 Å². The number of nitrogens with zero attached hydrogens (tertiary/aromatic N) is 3. The Balaban J connectivity index is 2.03. The molecule has 0 saturated heterocycles. The van der Waals surface area contributed by atoms with Crippen LogP contribution in [-0.4, -0.2) is 29.5 Å². The third-order valence-corrected chi connectivity index (χ3v) is 4.91. The molecule has 0 unspecified atom stereocenters. The second-order valence-corrected chi connectivity index (χ2v) is 7.65. The van der Waals surface area contributed by atoms with Crippen molar-refractivity contribution in [3.8, 4) is 0 Å². The van der Waals surface area contributed by atoms with E-state index in [1.165, 1.54) is 28.6 Å². The SMILES string of the molecule is C/C(=N\n1cc2ccccc2n1)c1cc(Cl)ccc1NS(=O)(=O)C(F)(F)F. The number of benzene rings is 2. The van der Waals surface area contributed by atoms with Gasteiger partial charge in [-0.15, -0.1) is 0 Å². The predicted molar refractivity (Wildman–Crippen MR) is 97.4 cm³/mol. The first-order valence-corrected chi connectivity index (χ1v) is 9.32. The number of anilines is 1. The van der Waals surface area contributed by atoms with Crippen molar-refractivity contribution in [3.05, 3.63) is 59.2 Å². The maximum Gasteiger partial charge on any atom is 0.516 e. The first kappa shape index (κ1) is 19.2. The number of nitrogens with one attached hydrogen (secondary N) is 1. The molecule has 0 aliphatic heterocycles. The molecule has 3 rings (SSSR count). The van der Waals surface area contributed by atoms with Gasteiger partial charge in [-0.2, -0.15) is 36.6 Å². The molecule has 1 aromatic heterocycles. The van der Waals surface area contributed by atoms with E-state index in [0.717, 1.165) is 11.5 Å². The molecule has 142 valence electrons. The van der Waals surface area contributed by atoms with E-state index < -0.39 is 15.5 Å². The summed E-state index contributed by atoms with van der Waals surface area (Å²) >= 11 is 5.91. The van der Waals surface area contributed by atoms with E-state index in [-0.39, 0.29) is 22.0 Å². The molecule has 0 bridgehead atoms. The third-order valence-electron chi connectivity index (χ3n) is 3.57. The molecule has 0 spiro atoms. The summed E-state index contributed by atoms with van der Waals surface area (Å²) in [7, 11) is -5.58.